The lowest BCUT2D eigenvalue weighted by atomic mass is 9.78. The Morgan fingerprint density at radius 2 is 2.10 bits per heavy atom. The van der Waals surface area contributed by atoms with Gasteiger partial charge in [0.1, 0.15) is 10.7 Å². The van der Waals surface area contributed by atoms with Gasteiger partial charge >= 0.3 is 0 Å². The van der Waals surface area contributed by atoms with Gasteiger partial charge in [0.25, 0.3) is 0 Å². The van der Waals surface area contributed by atoms with Crippen LogP contribution in [0.2, 0.25) is 0 Å². The Labute approximate surface area is 126 Å². The first kappa shape index (κ1) is 14.3. The highest BCUT2D eigenvalue weighted by molar-refractivity contribution is 7.10. The number of aromatic nitrogens is 2. The minimum absolute atomic E-state index is 0.804. The summed E-state index contributed by atoms with van der Waals surface area (Å²) >= 11 is 1.51. The maximum absolute atomic E-state index is 4.37. The molecule has 20 heavy (non-hydrogen) atoms. The summed E-state index contributed by atoms with van der Waals surface area (Å²) in [5.41, 5.74) is 1.16. The van der Waals surface area contributed by atoms with Crippen molar-refractivity contribution < 1.29 is 0 Å². The van der Waals surface area contributed by atoms with Gasteiger partial charge in [-0.15, -0.1) is 5.10 Å². The molecule has 2 aliphatic rings. The number of fused-ring (bicyclic) bond motifs is 1. The second kappa shape index (κ2) is 6.85. The van der Waals surface area contributed by atoms with Crippen molar-refractivity contribution in [3.05, 3.63) is 5.69 Å². The van der Waals surface area contributed by atoms with Gasteiger partial charge in [0.15, 0.2) is 0 Å². The monoisotopic (exact) mass is 294 g/mol. The maximum atomic E-state index is 4.37. The van der Waals surface area contributed by atoms with Crippen molar-refractivity contribution in [2.75, 3.05) is 18.4 Å². The predicted molar refractivity (Wildman–Crippen MR) is 84.1 cm³/mol. The summed E-state index contributed by atoms with van der Waals surface area (Å²) in [7, 11) is 0. The third kappa shape index (κ3) is 3.14. The van der Waals surface area contributed by atoms with Crippen LogP contribution >= 0.6 is 11.5 Å². The quantitative estimate of drug-likeness (QED) is 0.902. The van der Waals surface area contributed by atoms with Gasteiger partial charge in [-0.05, 0) is 44.6 Å². The molecule has 0 unspecified atom stereocenters. The van der Waals surface area contributed by atoms with Crippen molar-refractivity contribution in [1.29, 1.82) is 0 Å². The Morgan fingerprint density at radius 3 is 3.00 bits per heavy atom. The lowest BCUT2D eigenvalue weighted by Crippen LogP contribution is -2.46. The minimum atomic E-state index is 0.804. The Kier molecular flexibility index (Phi) is 4.89. The molecule has 0 amide bonds. The Hall–Kier alpha value is -0.680. The molecule has 2 atom stereocenters. The number of hydrogen-bond acceptors (Lipinski definition) is 5. The lowest BCUT2D eigenvalue weighted by molar-refractivity contribution is 0.0539. The Balaban J connectivity index is 1.65. The van der Waals surface area contributed by atoms with Crippen molar-refractivity contribution in [2.24, 2.45) is 5.92 Å². The van der Waals surface area contributed by atoms with Crippen LogP contribution < -0.4 is 5.32 Å². The largest absolute Gasteiger partial charge is 0.374 e. The summed E-state index contributed by atoms with van der Waals surface area (Å²) in [4.78, 5) is 2.68. The van der Waals surface area contributed by atoms with Crippen LogP contribution in [0.5, 0.6) is 0 Å². The second-order valence-electron chi connectivity index (χ2n) is 6.20. The third-order valence-corrected chi connectivity index (χ3v) is 5.53. The van der Waals surface area contributed by atoms with Crippen LogP contribution in [-0.2, 0) is 6.54 Å². The van der Waals surface area contributed by atoms with Gasteiger partial charge in [-0.1, -0.05) is 24.3 Å². The molecule has 5 heteroatoms. The molecule has 2 fully saturated rings. The van der Waals surface area contributed by atoms with Crippen LogP contribution in [0.3, 0.4) is 0 Å². The van der Waals surface area contributed by atoms with Gasteiger partial charge in [-0.25, -0.2) is 0 Å². The van der Waals surface area contributed by atoms with E-state index in [1.807, 2.05) is 0 Å². The Bertz CT molecular complexity index is 418. The smallest absolute Gasteiger partial charge is 0.134 e. The molecule has 112 valence electrons. The van der Waals surface area contributed by atoms with Gasteiger partial charge in [-0.3, -0.25) is 4.90 Å². The molecule has 4 nitrogen and oxygen atoms in total. The van der Waals surface area contributed by atoms with Crippen molar-refractivity contribution >= 4 is 16.5 Å². The first-order chi connectivity index (χ1) is 9.88. The van der Waals surface area contributed by atoms with Gasteiger partial charge in [0, 0.05) is 30.7 Å². The number of likely N-dealkylation sites (tertiary alicyclic amines) is 1. The number of nitrogens with zero attached hydrogens (tertiary/aromatic N) is 3. The van der Waals surface area contributed by atoms with Gasteiger partial charge in [-0.2, -0.15) is 0 Å². The fourth-order valence-electron chi connectivity index (χ4n) is 3.80. The van der Waals surface area contributed by atoms with Crippen LogP contribution in [0.1, 0.15) is 57.6 Å². The van der Waals surface area contributed by atoms with Crippen molar-refractivity contribution in [2.45, 2.75) is 64.5 Å². The first-order valence-electron chi connectivity index (χ1n) is 8.17. The molecule has 0 aromatic carbocycles. The lowest BCUT2D eigenvalue weighted by Gasteiger charge is -2.44. The number of rotatable bonds is 5. The minimum Gasteiger partial charge on any atom is -0.374 e. The average Bonchev–Trinajstić information content (AvgIpc) is 2.93. The van der Waals surface area contributed by atoms with Crippen LogP contribution in [0.25, 0.3) is 0 Å². The van der Waals surface area contributed by atoms with E-state index in [-0.39, 0.29) is 0 Å². The van der Waals surface area contributed by atoms with Crippen molar-refractivity contribution in [3.8, 4) is 0 Å². The molecular formula is C15H26N4S. The number of piperidine rings is 1. The zero-order valence-electron chi connectivity index (χ0n) is 12.5. The maximum Gasteiger partial charge on any atom is 0.134 e. The molecule has 1 saturated heterocycles. The molecule has 1 saturated carbocycles. The zero-order valence-corrected chi connectivity index (χ0v) is 13.3. The summed E-state index contributed by atoms with van der Waals surface area (Å²) < 4.78 is 4.15. The van der Waals surface area contributed by atoms with E-state index in [0.29, 0.717) is 0 Å². The van der Waals surface area contributed by atoms with E-state index >= 15 is 0 Å². The van der Waals surface area contributed by atoms with E-state index in [1.165, 1.54) is 61.6 Å². The predicted octanol–water partition coefficient (Wildman–Crippen LogP) is 3.51. The second-order valence-corrected chi connectivity index (χ2v) is 6.95. The summed E-state index contributed by atoms with van der Waals surface area (Å²) in [6.45, 7) is 5.44. The van der Waals surface area contributed by atoms with Crippen LogP contribution in [0.4, 0.5) is 5.00 Å². The molecule has 0 spiro atoms. The third-order valence-electron chi connectivity index (χ3n) is 4.80. The molecule has 2 heterocycles. The van der Waals surface area contributed by atoms with E-state index in [0.717, 1.165) is 37.2 Å². The molecule has 3 rings (SSSR count). The van der Waals surface area contributed by atoms with E-state index in [1.54, 1.807) is 0 Å². The molecular weight excluding hydrogens is 268 g/mol. The van der Waals surface area contributed by atoms with E-state index in [9.17, 15) is 0 Å². The van der Waals surface area contributed by atoms with Crippen LogP contribution in [0.15, 0.2) is 0 Å². The van der Waals surface area contributed by atoms with E-state index in [4.69, 9.17) is 0 Å². The fraction of sp³-hybridized carbons (Fsp3) is 0.867. The Morgan fingerprint density at radius 1 is 1.25 bits per heavy atom. The van der Waals surface area contributed by atoms with Crippen LogP contribution in [-0.4, -0.2) is 33.6 Å². The first-order valence-corrected chi connectivity index (χ1v) is 8.95. The summed E-state index contributed by atoms with van der Waals surface area (Å²) in [6.07, 6.45) is 9.63. The molecule has 0 bridgehead atoms. The standard InChI is InChI=1S/C15H26N4S/c1-2-9-16-15-13(17-18-20-15)11-19-10-5-7-12-6-3-4-8-14(12)19/h12,14,16H,2-11H2,1H3/t12-,14-/m1/s1. The van der Waals surface area contributed by atoms with E-state index < -0.39 is 0 Å². The summed E-state index contributed by atoms with van der Waals surface area (Å²) in [6, 6.07) is 0.804. The number of nitrogens with one attached hydrogen (secondary N) is 1. The van der Waals surface area contributed by atoms with Gasteiger partial charge in [0.2, 0.25) is 0 Å². The average molecular weight is 294 g/mol. The molecule has 1 aliphatic carbocycles. The molecule has 1 N–H and O–H groups in total. The van der Waals surface area contributed by atoms with Crippen molar-refractivity contribution in [3.63, 3.8) is 0 Å². The number of hydrogen-bond donors (Lipinski definition) is 1. The topological polar surface area (TPSA) is 41.1 Å². The zero-order chi connectivity index (χ0) is 13.8. The summed E-state index contributed by atoms with van der Waals surface area (Å²) in [5, 5.41) is 9.02. The van der Waals surface area contributed by atoms with Crippen LogP contribution in [0, 0.1) is 5.92 Å². The van der Waals surface area contributed by atoms with E-state index in [2.05, 4.69) is 26.7 Å². The fourth-order valence-corrected chi connectivity index (χ4v) is 4.40. The molecule has 0 radical (unpaired) electrons. The SMILES string of the molecule is CCCNc1snnc1CN1CCC[C@H]2CCCC[C@H]21. The highest BCUT2D eigenvalue weighted by Gasteiger charge is 2.33. The number of anilines is 1. The van der Waals surface area contributed by atoms with Crippen molar-refractivity contribution in [1.82, 2.24) is 14.5 Å². The highest BCUT2D eigenvalue weighted by atomic mass is 32.1. The molecule has 1 aromatic rings. The van der Waals surface area contributed by atoms with Gasteiger partial charge in [0.05, 0.1) is 0 Å². The normalized spacial score (nSPS) is 27.2. The summed E-state index contributed by atoms with van der Waals surface area (Å²) in [5.74, 6) is 0.941. The molecule has 1 aromatic heterocycles. The van der Waals surface area contributed by atoms with Gasteiger partial charge < -0.3 is 5.32 Å². The highest BCUT2D eigenvalue weighted by Crippen LogP contribution is 2.36. The molecule has 1 aliphatic heterocycles.